The Labute approximate surface area is 156 Å². The Morgan fingerprint density at radius 2 is 1.81 bits per heavy atom. The van der Waals surface area contributed by atoms with E-state index in [1.807, 2.05) is 62.9 Å². The van der Waals surface area contributed by atoms with Gasteiger partial charge in [0.15, 0.2) is 17.4 Å². The van der Waals surface area contributed by atoms with Crippen molar-refractivity contribution in [2.45, 2.75) is 48.0 Å². The van der Waals surface area contributed by atoms with Gasteiger partial charge in [-0.25, -0.2) is 0 Å². The summed E-state index contributed by atoms with van der Waals surface area (Å²) in [6, 6.07) is 7.77. The van der Waals surface area contributed by atoms with Crippen LogP contribution in [0.4, 0.5) is 5.69 Å². The van der Waals surface area contributed by atoms with Crippen molar-refractivity contribution >= 4 is 17.4 Å². The standard InChI is InChI=1S/C21H29NO4/c1-7-22-15-11-9-10-12-16(15)26-17(22)13-14-21(6,19(24)25-8-2)18(23)20(3,4)5/h9-13H,7-8,14H2,1-6H3/b17-13-. The van der Waals surface area contributed by atoms with Crippen LogP contribution in [-0.4, -0.2) is 24.9 Å². The zero-order valence-electron chi connectivity index (χ0n) is 16.6. The molecule has 1 unspecified atom stereocenters. The number of hydrogen-bond donors (Lipinski definition) is 0. The number of para-hydroxylation sites is 2. The molecule has 1 aromatic carbocycles. The molecule has 0 bridgehead atoms. The number of anilines is 1. The first-order valence-electron chi connectivity index (χ1n) is 9.11. The number of carbonyl (C=O) groups excluding carboxylic acids is 2. The molecule has 0 saturated carbocycles. The van der Waals surface area contributed by atoms with Crippen molar-refractivity contribution in [3.63, 3.8) is 0 Å². The minimum absolute atomic E-state index is 0.140. The Morgan fingerprint density at radius 1 is 1.15 bits per heavy atom. The number of rotatable bonds is 6. The smallest absolute Gasteiger partial charge is 0.319 e. The zero-order chi connectivity index (χ0) is 19.5. The molecule has 26 heavy (non-hydrogen) atoms. The Bertz CT molecular complexity index is 717. The van der Waals surface area contributed by atoms with Crippen molar-refractivity contribution in [1.82, 2.24) is 0 Å². The summed E-state index contributed by atoms with van der Waals surface area (Å²) < 4.78 is 11.1. The predicted octanol–water partition coefficient (Wildman–Crippen LogP) is 4.32. The van der Waals surface area contributed by atoms with Gasteiger partial charge in [-0.2, -0.15) is 0 Å². The third kappa shape index (κ3) is 3.76. The van der Waals surface area contributed by atoms with E-state index in [9.17, 15) is 9.59 Å². The molecule has 0 amide bonds. The highest BCUT2D eigenvalue weighted by molar-refractivity contribution is 6.05. The Hall–Kier alpha value is -2.30. The van der Waals surface area contributed by atoms with E-state index in [0.29, 0.717) is 5.88 Å². The maximum absolute atomic E-state index is 13.0. The summed E-state index contributed by atoms with van der Waals surface area (Å²) >= 11 is 0. The minimum atomic E-state index is -1.25. The molecule has 0 fully saturated rings. The van der Waals surface area contributed by atoms with Crippen LogP contribution in [0, 0.1) is 10.8 Å². The van der Waals surface area contributed by atoms with Gasteiger partial charge >= 0.3 is 5.97 Å². The van der Waals surface area contributed by atoms with Gasteiger partial charge in [0, 0.05) is 12.0 Å². The van der Waals surface area contributed by atoms with Gasteiger partial charge in [0.25, 0.3) is 0 Å². The van der Waals surface area contributed by atoms with E-state index in [2.05, 4.69) is 0 Å². The van der Waals surface area contributed by atoms with Crippen LogP contribution in [0.5, 0.6) is 5.75 Å². The Kier molecular flexibility index (Phi) is 5.79. The largest absolute Gasteiger partial charge is 0.465 e. The van der Waals surface area contributed by atoms with E-state index in [-0.39, 0.29) is 18.8 Å². The van der Waals surface area contributed by atoms with Crippen LogP contribution in [0.1, 0.15) is 48.0 Å². The number of Topliss-reactive ketones (excluding diaryl/α,β-unsaturated/α-hetero) is 1. The first-order chi connectivity index (χ1) is 12.1. The summed E-state index contributed by atoms with van der Waals surface area (Å²) in [4.78, 5) is 27.6. The second-order valence-corrected chi connectivity index (χ2v) is 7.69. The van der Waals surface area contributed by atoms with Gasteiger partial charge in [0.1, 0.15) is 5.41 Å². The summed E-state index contributed by atoms with van der Waals surface area (Å²) in [6.07, 6.45) is 2.05. The average molecular weight is 359 g/mol. The van der Waals surface area contributed by atoms with Crippen molar-refractivity contribution in [3.05, 3.63) is 36.2 Å². The molecule has 0 spiro atoms. The molecule has 1 atom stereocenters. The lowest BCUT2D eigenvalue weighted by Gasteiger charge is -2.31. The molecule has 5 heteroatoms. The lowest BCUT2D eigenvalue weighted by molar-refractivity contribution is -0.161. The molecule has 0 aliphatic carbocycles. The normalized spacial score (nSPS) is 17.5. The summed E-state index contributed by atoms with van der Waals surface area (Å²) in [5.41, 5.74) is -0.913. The number of benzene rings is 1. The first-order valence-corrected chi connectivity index (χ1v) is 9.11. The number of esters is 1. The van der Waals surface area contributed by atoms with Crippen molar-refractivity contribution in [3.8, 4) is 5.75 Å². The minimum Gasteiger partial charge on any atom is -0.465 e. The van der Waals surface area contributed by atoms with Gasteiger partial charge in [-0.05, 0) is 45.4 Å². The number of nitrogens with zero attached hydrogens (tertiary/aromatic N) is 1. The van der Waals surface area contributed by atoms with Crippen molar-refractivity contribution in [2.24, 2.45) is 10.8 Å². The van der Waals surface area contributed by atoms with E-state index in [4.69, 9.17) is 9.47 Å². The third-order valence-electron chi connectivity index (χ3n) is 4.55. The highest BCUT2D eigenvalue weighted by Gasteiger charge is 2.46. The molecular formula is C21H29NO4. The topological polar surface area (TPSA) is 55.8 Å². The summed E-state index contributed by atoms with van der Waals surface area (Å²) in [5, 5.41) is 0. The van der Waals surface area contributed by atoms with Crippen LogP contribution in [0.3, 0.4) is 0 Å². The van der Waals surface area contributed by atoms with Gasteiger partial charge in [-0.3, -0.25) is 9.59 Å². The second kappa shape index (κ2) is 7.52. The number of carbonyl (C=O) groups is 2. The fourth-order valence-corrected chi connectivity index (χ4v) is 3.21. The van der Waals surface area contributed by atoms with E-state index in [1.165, 1.54) is 0 Å². The number of ether oxygens (including phenoxy) is 2. The van der Waals surface area contributed by atoms with E-state index in [1.54, 1.807) is 13.8 Å². The fraction of sp³-hybridized carbons (Fsp3) is 0.524. The summed E-state index contributed by atoms with van der Waals surface area (Å²) in [5.74, 6) is 0.792. The van der Waals surface area contributed by atoms with E-state index < -0.39 is 16.8 Å². The molecule has 1 aliphatic rings. The Balaban J connectivity index is 2.34. The van der Waals surface area contributed by atoms with Crippen molar-refractivity contribution in [1.29, 1.82) is 0 Å². The van der Waals surface area contributed by atoms with Gasteiger partial charge in [-0.1, -0.05) is 32.9 Å². The predicted molar refractivity (Wildman–Crippen MR) is 102 cm³/mol. The Morgan fingerprint density at radius 3 is 2.38 bits per heavy atom. The highest BCUT2D eigenvalue weighted by Crippen LogP contribution is 2.40. The van der Waals surface area contributed by atoms with Crippen LogP contribution >= 0.6 is 0 Å². The molecule has 0 N–H and O–H groups in total. The summed E-state index contributed by atoms with van der Waals surface area (Å²) in [7, 11) is 0. The average Bonchev–Trinajstić information content (AvgIpc) is 2.95. The van der Waals surface area contributed by atoms with Crippen LogP contribution in [0.2, 0.25) is 0 Å². The van der Waals surface area contributed by atoms with E-state index >= 15 is 0 Å². The molecule has 0 saturated heterocycles. The van der Waals surface area contributed by atoms with Gasteiger partial charge in [-0.15, -0.1) is 0 Å². The van der Waals surface area contributed by atoms with Crippen molar-refractivity contribution < 1.29 is 19.1 Å². The van der Waals surface area contributed by atoms with Gasteiger partial charge < -0.3 is 14.4 Å². The lowest BCUT2D eigenvalue weighted by atomic mass is 9.71. The highest BCUT2D eigenvalue weighted by atomic mass is 16.5. The van der Waals surface area contributed by atoms with Crippen LogP contribution in [0.15, 0.2) is 36.2 Å². The quantitative estimate of drug-likeness (QED) is 0.559. The van der Waals surface area contributed by atoms with Crippen LogP contribution in [0.25, 0.3) is 0 Å². The zero-order valence-corrected chi connectivity index (χ0v) is 16.6. The molecule has 0 aromatic heterocycles. The summed E-state index contributed by atoms with van der Waals surface area (Å²) in [6.45, 7) is 11.9. The molecular weight excluding hydrogens is 330 g/mol. The lowest BCUT2D eigenvalue weighted by Crippen LogP contribution is -2.44. The monoisotopic (exact) mass is 359 g/mol. The molecule has 1 aromatic rings. The molecule has 0 radical (unpaired) electrons. The molecule has 2 rings (SSSR count). The molecule has 1 aliphatic heterocycles. The van der Waals surface area contributed by atoms with Crippen LogP contribution < -0.4 is 9.64 Å². The van der Waals surface area contributed by atoms with E-state index in [0.717, 1.165) is 18.0 Å². The number of hydrogen-bond acceptors (Lipinski definition) is 5. The maximum atomic E-state index is 13.0. The maximum Gasteiger partial charge on any atom is 0.319 e. The SMILES string of the molecule is CCOC(=O)C(C)(C/C=C1\Oc2ccccc2N1CC)C(=O)C(C)(C)C. The van der Waals surface area contributed by atoms with Crippen molar-refractivity contribution in [2.75, 3.05) is 18.1 Å². The number of fused-ring (bicyclic) bond motifs is 1. The fourth-order valence-electron chi connectivity index (χ4n) is 3.21. The molecule has 142 valence electrons. The third-order valence-corrected chi connectivity index (χ3v) is 4.55. The van der Waals surface area contributed by atoms with Gasteiger partial charge in [0.05, 0.1) is 12.3 Å². The van der Waals surface area contributed by atoms with Crippen LogP contribution in [-0.2, 0) is 14.3 Å². The number of allylic oxidation sites excluding steroid dienone is 1. The second-order valence-electron chi connectivity index (χ2n) is 7.69. The van der Waals surface area contributed by atoms with Gasteiger partial charge in [0.2, 0.25) is 0 Å². The number of ketones is 1. The first kappa shape index (κ1) is 20.0. The molecule has 1 heterocycles. The molecule has 5 nitrogen and oxygen atoms in total.